The van der Waals surface area contributed by atoms with Gasteiger partial charge in [-0.3, -0.25) is 5.10 Å². The SMILES string of the molecule is CNc1cc(-c2n[nH]c3c2CCc2ccccc2-3)ccn1. The number of H-pyrrole nitrogens is 1. The van der Waals surface area contributed by atoms with Gasteiger partial charge in [-0.2, -0.15) is 5.10 Å². The lowest BCUT2D eigenvalue weighted by Gasteiger charge is -2.16. The number of nitrogens with zero attached hydrogens (tertiary/aromatic N) is 2. The molecule has 0 amide bonds. The highest BCUT2D eigenvalue weighted by Crippen LogP contribution is 2.37. The van der Waals surface area contributed by atoms with Crippen molar-refractivity contribution in [3.05, 3.63) is 53.7 Å². The fraction of sp³-hybridized carbons (Fsp3) is 0.176. The summed E-state index contributed by atoms with van der Waals surface area (Å²) in [5.41, 5.74) is 7.28. The molecule has 21 heavy (non-hydrogen) atoms. The number of aromatic nitrogens is 3. The first-order valence-corrected chi connectivity index (χ1v) is 7.16. The van der Waals surface area contributed by atoms with E-state index in [0.29, 0.717) is 0 Å². The number of hydrogen-bond acceptors (Lipinski definition) is 3. The smallest absolute Gasteiger partial charge is 0.126 e. The molecule has 0 spiro atoms. The van der Waals surface area contributed by atoms with Crippen LogP contribution in [0.5, 0.6) is 0 Å². The van der Waals surface area contributed by atoms with E-state index in [4.69, 9.17) is 0 Å². The zero-order valence-electron chi connectivity index (χ0n) is 11.9. The Bertz CT molecular complexity index is 804. The van der Waals surface area contributed by atoms with Crippen LogP contribution in [0.2, 0.25) is 0 Å². The Hall–Kier alpha value is -2.62. The molecule has 0 fully saturated rings. The van der Waals surface area contributed by atoms with Crippen LogP contribution >= 0.6 is 0 Å². The van der Waals surface area contributed by atoms with Crippen molar-refractivity contribution >= 4 is 5.82 Å². The first-order chi connectivity index (χ1) is 10.4. The van der Waals surface area contributed by atoms with Crippen molar-refractivity contribution in [2.45, 2.75) is 12.8 Å². The van der Waals surface area contributed by atoms with Crippen molar-refractivity contribution in [3.63, 3.8) is 0 Å². The third kappa shape index (κ3) is 1.91. The summed E-state index contributed by atoms with van der Waals surface area (Å²) in [6.07, 6.45) is 3.91. The van der Waals surface area contributed by atoms with Gasteiger partial charge in [0.15, 0.2) is 0 Å². The third-order valence-corrected chi connectivity index (χ3v) is 4.09. The van der Waals surface area contributed by atoms with Crippen molar-refractivity contribution in [2.24, 2.45) is 0 Å². The van der Waals surface area contributed by atoms with E-state index in [1.54, 1.807) is 0 Å². The van der Waals surface area contributed by atoms with Crippen LogP contribution in [0, 0.1) is 0 Å². The van der Waals surface area contributed by atoms with E-state index < -0.39 is 0 Å². The summed E-state index contributed by atoms with van der Waals surface area (Å²) in [4.78, 5) is 4.27. The second-order valence-electron chi connectivity index (χ2n) is 5.26. The Morgan fingerprint density at radius 3 is 2.95 bits per heavy atom. The number of hydrogen-bond donors (Lipinski definition) is 2. The summed E-state index contributed by atoms with van der Waals surface area (Å²) in [5, 5.41) is 10.9. The maximum absolute atomic E-state index is 4.56. The maximum Gasteiger partial charge on any atom is 0.126 e. The van der Waals surface area contributed by atoms with Crippen LogP contribution in [0.15, 0.2) is 42.6 Å². The highest BCUT2D eigenvalue weighted by molar-refractivity contribution is 5.78. The highest BCUT2D eigenvalue weighted by atomic mass is 15.1. The molecule has 2 aromatic heterocycles. The standard InChI is InChI=1S/C17H16N4/c1-18-15-10-12(8-9-19-15)16-14-7-6-11-4-2-3-5-13(11)17(14)21-20-16/h2-5,8-10H,6-7H2,1H3,(H,18,19)(H,20,21). The Morgan fingerprint density at radius 2 is 2.05 bits per heavy atom. The summed E-state index contributed by atoms with van der Waals surface area (Å²) in [5.74, 6) is 0.862. The Kier molecular flexibility index (Phi) is 2.74. The molecule has 0 saturated carbocycles. The minimum atomic E-state index is 0.862. The minimum absolute atomic E-state index is 0.862. The number of pyridine rings is 1. The molecule has 0 radical (unpaired) electrons. The molecule has 0 bridgehead atoms. The quantitative estimate of drug-likeness (QED) is 0.755. The van der Waals surface area contributed by atoms with Gasteiger partial charge < -0.3 is 5.32 Å². The van der Waals surface area contributed by atoms with E-state index in [1.807, 2.05) is 25.4 Å². The van der Waals surface area contributed by atoms with Gasteiger partial charge in [0.1, 0.15) is 5.82 Å². The van der Waals surface area contributed by atoms with Crippen molar-refractivity contribution < 1.29 is 0 Å². The van der Waals surface area contributed by atoms with Gasteiger partial charge in [-0.15, -0.1) is 0 Å². The molecule has 3 aromatic rings. The molecular weight excluding hydrogens is 260 g/mol. The van der Waals surface area contributed by atoms with Crippen LogP contribution in [0.4, 0.5) is 5.82 Å². The van der Waals surface area contributed by atoms with Gasteiger partial charge in [0.05, 0.1) is 11.4 Å². The fourth-order valence-electron chi connectivity index (χ4n) is 3.03. The van der Waals surface area contributed by atoms with Crippen molar-refractivity contribution in [1.29, 1.82) is 0 Å². The molecule has 4 rings (SSSR count). The number of anilines is 1. The summed E-state index contributed by atoms with van der Waals surface area (Å²) < 4.78 is 0. The normalized spacial score (nSPS) is 12.6. The van der Waals surface area contributed by atoms with Crippen LogP contribution in [-0.4, -0.2) is 22.2 Å². The van der Waals surface area contributed by atoms with Gasteiger partial charge in [-0.1, -0.05) is 24.3 Å². The lowest BCUT2D eigenvalue weighted by molar-refractivity contribution is 0.943. The van der Waals surface area contributed by atoms with E-state index in [1.165, 1.54) is 16.7 Å². The van der Waals surface area contributed by atoms with Gasteiger partial charge >= 0.3 is 0 Å². The van der Waals surface area contributed by atoms with Crippen molar-refractivity contribution in [2.75, 3.05) is 12.4 Å². The van der Waals surface area contributed by atoms with E-state index in [9.17, 15) is 0 Å². The number of benzene rings is 1. The van der Waals surface area contributed by atoms with Crippen molar-refractivity contribution in [1.82, 2.24) is 15.2 Å². The van der Waals surface area contributed by atoms with E-state index in [0.717, 1.165) is 35.6 Å². The number of rotatable bonds is 2. The largest absolute Gasteiger partial charge is 0.373 e. The zero-order chi connectivity index (χ0) is 14.2. The Balaban J connectivity index is 1.86. The Morgan fingerprint density at radius 1 is 1.14 bits per heavy atom. The molecule has 0 unspecified atom stereocenters. The van der Waals surface area contributed by atoms with Crippen LogP contribution < -0.4 is 5.32 Å². The van der Waals surface area contributed by atoms with E-state index in [2.05, 4.69) is 44.8 Å². The molecular formula is C17H16N4. The van der Waals surface area contributed by atoms with Crippen LogP contribution in [0.25, 0.3) is 22.5 Å². The van der Waals surface area contributed by atoms with Gasteiger partial charge in [0.2, 0.25) is 0 Å². The minimum Gasteiger partial charge on any atom is -0.373 e. The highest BCUT2D eigenvalue weighted by Gasteiger charge is 2.22. The van der Waals surface area contributed by atoms with Gasteiger partial charge in [0, 0.05) is 29.9 Å². The van der Waals surface area contributed by atoms with Gasteiger partial charge in [-0.25, -0.2) is 4.98 Å². The number of nitrogens with one attached hydrogen (secondary N) is 2. The predicted molar refractivity (Wildman–Crippen MR) is 84.2 cm³/mol. The average molecular weight is 276 g/mol. The summed E-state index contributed by atoms with van der Waals surface area (Å²) in [7, 11) is 1.88. The van der Waals surface area contributed by atoms with E-state index >= 15 is 0 Å². The summed E-state index contributed by atoms with van der Waals surface area (Å²) in [6, 6.07) is 12.6. The molecule has 0 atom stereocenters. The lowest BCUT2D eigenvalue weighted by Crippen LogP contribution is -2.03. The van der Waals surface area contributed by atoms with Crippen LogP contribution in [0.3, 0.4) is 0 Å². The third-order valence-electron chi connectivity index (χ3n) is 4.09. The molecule has 4 nitrogen and oxygen atoms in total. The molecule has 104 valence electrons. The van der Waals surface area contributed by atoms with Crippen LogP contribution in [-0.2, 0) is 12.8 Å². The first kappa shape index (κ1) is 12.1. The molecule has 2 heterocycles. The predicted octanol–water partition coefficient (Wildman–Crippen LogP) is 3.28. The van der Waals surface area contributed by atoms with Crippen LogP contribution in [0.1, 0.15) is 11.1 Å². The second-order valence-corrected chi connectivity index (χ2v) is 5.26. The summed E-state index contributed by atoms with van der Waals surface area (Å²) in [6.45, 7) is 0. The average Bonchev–Trinajstić information content (AvgIpc) is 2.99. The monoisotopic (exact) mass is 276 g/mol. The number of fused-ring (bicyclic) bond motifs is 3. The first-order valence-electron chi connectivity index (χ1n) is 7.16. The molecule has 2 N–H and O–H groups in total. The molecule has 1 aromatic carbocycles. The molecule has 0 saturated heterocycles. The summed E-state index contributed by atoms with van der Waals surface area (Å²) >= 11 is 0. The molecule has 4 heteroatoms. The van der Waals surface area contributed by atoms with E-state index in [-0.39, 0.29) is 0 Å². The number of aromatic amines is 1. The zero-order valence-corrected chi connectivity index (χ0v) is 11.9. The van der Waals surface area contributed by atoms with Gasteiger partial charge in [-0.05, 0) is 30.5 Å². The lowest BCUT2D eigenvalue weighted by atomic mass is 9.88. The molecule has 0 aliphatic heterocycles. The number of aryl methyl sites for hydroxylation is 1. The second kappa shape index (κ2) is 4.74. The molecule has 1 aliphatic carbocycles. The van der Waals surface area contributed by atoms with Crippen molar-refractivity contribution in [3.8, 4) is 22.5 Å². The Labute approximate surface area is 123 Å². The maximum atomic E-state index is 4.56. The topological polar surface area (TPSA) is 53.6 Å². The molecule has 1 aliphatic rings. The van der Waals surface area contributed by atoms with Gasteiger partial charge in [0.25, 0.3) is 0 Å². The fourth-order valence-corrected chi connectivity index (χ4v) is 3.03.